The van der Waals surface area contributed by atoms with Crippen LogP contribution in [0.2, 0.25) is 0 Å². The maximum absolute atomic E-state index is 13.1. The number of benzene rings is 1. The highest BCUT2D eigenvalue weighted by Crippen LogP contribution is 2.23. The number of likely N-dealkylation sites (tertiary alicyclic amines) is 1. The van der Waals surface area contributed by atoms with E-state index in [1.807, 2.05) is 6.92 Å². The van der Waals surface area contributed by atoms with Crippen LogP contribution in [-0.4, -0.2) is 44.9 Å². The van der Waals surface area contributed by atoms with Crippen LogP contribution >= 0.6 is 0 Å². The standard InChI is InChI=1S/C18H22FN3O2/c1-12-17(10-20-22(12)16-7-5-15(19)6-8-16)18(24)21-9-3-4-14(11-21)13(2)23/h5-8,10,13-14,23H,3-4,9,11H2,1-2H3. The monoisotopic (exact) mass is 331 g/mol. The molecule has 1 aromatic carbocycles. The summed E-state index contributed by atoms with van der Waals surface area (Å²) in [7, 11) is 0. The highest BCUT2D eigenvalue weighted by atomic mass is 19.1. The van der Waals surface area contributed by atoms with Crippen molar-refractivity contribution in [1.82, 2.24) is 14.7 Å². The molecule has 1 N–H and O–H groups in total. The van der Waals surface area contributed by atoms with E-state index in [2.05, 4.69) is 5.10 Å². The van der Waals surface area contributed by atoms with Crippen molar-refractivity contribution in [2.45, 2.75) is 32.8 Å². The molecule has 6 heteroatoms. The normalized spacial score (nSPS) is 19.3. The van der Waals surface area contributed by atoms with Crippen molar-refractivity contribution in [3.05, 3.63) is 47.5 Å². The predicted molar refractivity (Wildman–Crippen MR) is 88.6 cm³/mol. The second kappa shape index (κ2) is 6.73. The Balaban J connectivity index is 1.82. The molecular weight excluding hydrogens is 309 g/mol. The lowest BCUT2D eigenvalue weighted by Crippen LogP contribution is -2.43. The molecular formula is C18H22FN3O2. The molecule has 24 heavy (non-hydrogen) atoms. The smallest absolute Gasteiger partial charge is 0.257 e. The van der Waals surface area contributed by atoms with E-state index in [4.69, 9.17) is 0 Å². The molecule has 1 aromatic heterocycles. The zero-order chi connectivity index (χ0) is 17.3. The highest BCUT2D eigenvalue weighted by Gasteiger charge is 2.28. The molecule has 2 atom stereocenters. The number of hydrogen-bond donors (Lipinski definition) is 1. The molecule has 0 spiro atoms. The van der Waals surface area contributed by atoms with E-state index in [1.54, 1.807) is 34.8 Å². The van der Waals surface area contributed by atoms with Crippen LogP contribution in [0.15, 0.2) is 30.5 Å². The molecule has 1 aliphatic rings. The lowest BCUT2D eigenvalue weighted by molar-refractivity contribution is 0.0465. The van der Waals surface area contributed by atoms with Gasteiger partial charge in [0.15, 0.2) is 0 Å². The number of piperidine rings is 1. The highest BCUT2D eigenvalue weighted by molar-refractivity contribution is 5.95. The summed E-state index contributed by atoms with van der Waals surface area (Å²) < 4.78 is 14.7. The summed E-state index contributed by atoms with van der Waals surface area (Å²) in [5.74, 6) is -0.251. The van der Waals surface area contributed by atoms with Gasteiger partial charge in [0.1, 0.15) is 5.82 Å². The van der Waals surface area contributed by atoms with E-state index in [1.165, 1.54) is 12.1 Å². The Morgan fingerprint density at radius 2 is 2.08 bits per heavy atom. The first kappa shape index (κ1) is 16.6. The van der Waals surface area contributed by atoms with Crippen LogP contribution in [0, 0.1) is 18.7 Å². The Labute approximate surface area is 140 Å². The molecule has 0 bridgehead atoms. The number of nitrogens with zero attached hydrogens (tertiary/aromatic N) is 3. The van der Waals surface area contributed by atoms with Crippen molar-refractivity contribution < 1.29 is 14.3 Å². The number of aromatic nitrogens is 2. The zero-order valence-corrected chi connectivity index (χ0v) is 13.9. The van der Waals surface area contributed by atoms with Crippen LogP contribution in [0.4, 0.5) is 4.39 Å². The van der Waals surface area contributed by atoms with Gasteiger partial charge in [0.25, 0.3) is 5.91 Å². The van der Waals surface area contributed by atoms with Crippen LogP contribution in [0.5, 0.6) is 0 Å². The van der Waals surface area contributed by atoms with Crippen molar-refractivity contribution in [2.75, 3.05) is 13.1 Å². The van der Waals surface area contributed by atoms with Crippen LogP contribution < -0.4 is 0 Å². The van der Waals surface area contributed by atoms with Crippen molar-refractivity contribution in [3.8, 4) is 5.69 Å². The fraction of sp³-hybridized carbons (Fsp3) is 0.444. The maximum Gasteiger partial charge on any atom is 0.257 e. The van der Waals surface area contributed by atoms with E-state index in [-0.39, 0.29) is 17.6 Å². The summed E-state index contributed by atoms with van der Waals surface area (Å²) in [5.41, 5.74) is 1.99. The third-order valence-electron chi connectivity index (χ3n) is 4.74. The number of aliphatic hydroxyl groups is 1. The molecule has 1 fully saturated rings. The lowest BCUT2D eigenvalue weighted by atomic mass is 9.93. The van der Waals surface area contributed by atoms with E-state index >= 15 is 0 Å². The van der Waals surface area contributed by atoms with Gasteiger partial charge in [0, 0.05) is 19.0 Å². The number of hydrogen-bond acceptors (Lipinski definition) is 3. The quantitative estimate of drug-likeness (QED) is 0.940. The van der Waals surface area contributed by atoms with Crippen molar-refractivity contribution >= 4 is 5.91 Å². The van der Waals surface area contributed by atoms with E-state index < -0.39 is 6.10 Å². The van der Waals surface area contributed by atoms with Gasteiger partial charge < -0.3 is 10.0 Å². The molecule has 3 rings (SSSR count). The summed E-state index contributed by atoms with van der Waals surface area (Å²) in [4.78, 5) is 14.6. The number of halogens is 1. The zero-order valence-electron chi connectivity index (χ0n) is 13.9. The van der Waals surface area contributed by atoms with Gasteiger partial charge in [0.05, 0.1) is 29.2 Å². The van der Waals surface area contributed by atoms with Gasteiger partial charge in [-0.25, -0.2) is 9.07 Å². The minimum atomic E-state index is -0.413. The third-order valence-corrected chi connectivity index (χ3v) is 4.74. The molecule has 0 saturated carbocycles. The Kier molecular flexibility index (Phi) is 4.66. The number of carbonyl (C=O) groups excluding carboxylic acids is 1. The lowest BCUT2D eigenvalue weighted by Gasteiger charge is -2.34. The first-order valence-electron chi connectivity index (χ1n) is 8.25. The van der Waals surface area contributed by atoms with Gasteiger partial charge >= 0.3 is 0 Å². The fourth-order valence-corrected chi connectivity index (χ4v) is 3.22. The molecule has 5 nitrogen and oxygen atoms in total. The van der Waals surface area contributed by atoms with Gasteiger partial charge in [-0.3, -0.25) is 4.79 Å². The number of carbonyl (C=O) groups is 1. The van der Waals surface area contributed by atoms with Gasteiger partial charge in [-0.1, -0.05) is 0 Å². The summed E-state index contributed by atoms with van der Waals surface area (Å²) in [6.45, 7) is 4.87. The maximum atomic E-state index is 13.1. The Morgan fingerprint density at radius 3 is 2.75 bits per heavy atom. The summed E-state index contributed by atoms with van der Waals surface area (Å²) in [6.07, 6.45) is 2.98. The van der Waals surface area contributed by atoms with E-state index in [0.29, 0.717) is 24.3 Å². The average Bonchev–Trinajstić information content (AvgIpc) is 2.96. The Hall–Kier alpha value is -2.21. The van der Waals surface area contributed by atoms with Crippen LogP contribution in [0.3, 0.4) is 0 Å². The molecule has 1 amide bonds. The fourth-order valence-electron chi connectivity index (χ4n) is 3.22. The molecule has 128 valence electrons. The molecule has 2 aromatic rings. The van der Waals surface area contributed by atoms with Crippen molar-refractivity contribution in [3.63, 3.8) is 0 Å². The number of amides is 1. The topological polar surface area (TPSA) is 58.4 Å². The molecule has 2 unspecified atom stereocenters. The second-order valence-corrected chi connectivity index (χ2v) is 6.43. The summed E-state index contributed by atoms with van der Waals surface area (Å²) in [6, 6.07) is 6.01. The van der Waals surface area contributed by atoms with Gasteiger partial charge in [-0.05, 0) is 51.0 Å². The minimum Gasteiger partial charge on any atom is -0.393 e. The molecule has 1 saturated heterocycles. The second-order valence-electron chi connectivity index (χ2n) is 6.43. The first-order chi connectivity index (χ1) is 11.5. The van der Waals surface area contributed by atoms with Crippen LogP contribution in [0.1, 0.15) is 35.8 Å². The molecule has 2 heterocycles. The predicted octanol–water partition coefficient (Wildman–Crippen LogP) is 2.55. The molecule has 0 aliphatic carbocycles. The van der Waals surface area contributed by atoms with Gasteiger partial charge in [-0.2, -0.15) is 5.10 Å². The van der Waals surface area contributed by atoms with Gasteiger partial charge in [-0.15, -0.1) is 0 Å². The van der Waals surface area contributed by atoms with Gasteiger partial charge in [0.2, 0.25) is 0 Å². The molecule has 1 aliphatic heterocycles. The minimum absolute atomic E-state index is 0.0637. The molecule has 0 radical (unpaired) electrons. The third kappa shape index (κ3) is 3.19. The average molecular weight is 331 g/mol. The SMILES string of the molecule is Cc1c(C(=O)N2CCCC(C(C)O)C2)cnn1-c1ccc(F)cc1. The van der Waals surface area contributed by atoms with Crippen LogP contribution in [-0.2, 0) is 0 Å². The Morgan fingerprint density at radius 1 is 1.38 bits per heavy atom. The first-order valence-corrected chi connectivity index (χ1v) is 8.25. The van der Waals surface area contributed by atoms with E-state index in [0.717, 1.165) is 18.5 Å². The van der Waals surface area contributed by atoms with Crippen LogP contribution in [0.25, 0.3) is 5.69 Å². The number of rotatable bonds is 3. The summed E-state index contributed by atoms with van der Waals surface area (Å²) in [5, 5.41) is 14.1. The Bertz CT molecular complexity index is 724. The van der Waals surface area contributed by atoms with E-state index in [9.17, 15) is 14.3 Å². The van der Waals surface area contributed by atoms with Crippen molar-refractivity contribution in [1.29, 1.82) is 0 Å². The number of aliphatic hydroxyl groups excluding tert-OH is 1. The summed E-state index contributed by atoms with van der Waals surface area (Å²) >= 11 is 0. The van der Waals surface area contributed by atoms with Crippen molar-refractivity contribution in [2.24, 2.45) is 5.92 Å². The largest absolute Gasteiger partial charge is 0.393 e.